The Balaban J connectivity index is 2.50. The zero-order valence-electron chi connectivity index (χ0n) is 6.70. The number of cyclic esters (lactones) is 1. The normalized spacial score (nSPS) is 20.4. The summed E-state index contributed by atoms with van der Waals surface area (Å²) in [6.45, 7) is 0. The van der Waals surface area contributed by atoms with Gasteiger partial charge in [0.15, 0.2) is 6.23 Å². The van der Waals surface area contributed by atoms with Crippen molar-refractivity contribution >= 4 is 5.97 Å². The standard InChI is InChI=1S/C9H9NO2/c1-10-8-6-4-2-3-5-7(6)9(11)12-8/h2-5,8,10H,1H3. The first kappa shape index (κ1) is 7.31. The monoisotopic (exact) mass is 163 g/mol. The molecule has 1 atom stereocenters. The number of fused-ring (bicyclic) bond motifs is 1. The van der Waals surface area contributed by atoms with E-state index in [0.29, 0.717) is 5.56 Å². The maximum absolute atomic E-state index is 11.2. The molecule has 1 heterocycles. The molecule has 0 radical (unpaired) electrons. The van der Waals surface area contributed by atoms with Gasteiger partial charge < -0.3 is 4.74 Å². The van der Waals surface area contributed by atoms with Crippen molar-refractivity contribution in [2.75, 3.05) is 7.05 Å². The first-order chi connectivity index (χ1) is 5.83. The van der Waals surface area contributed by atoms with Gasteiger partial charge in [0.2, 0.25) is 0 Å². The Morgan fingerprint density at radius 3 is 2.92 bits per heavy atom. The van der Waals surface area contributed by atoms with Crippen molar-refractivity contribution in [3.63, 3.8) is 0 Å². The van der Waals surface area contributed by atoms with Gasteiger partial charge in [0.1, 0.15) is 0 Å². The molecule has 3 nitrogen and oxygen atoms in total. The molecule has 0 amide bonds. The van der Waals surface area contributed by atoms with Crippen LogP contribution >= 0.6 is 0 Å². The SMILES string of the molecule is CNC1OC(=O)c2ccccc21. The number of esters is 1. The van der Waals surface area contributed by atoms with Crippen molar-refractivity contribution in [1.82, 2.24) is 5.32 Å². The van der Waals surface area contributed by atoms with E-state index in [0.717, 1.165) is 5.56 Å². The molecule has 0 spiro atoms. The van der Waals surface area contributed by atoms with E-state index in [1.165, 1.54) is 0 Å². The molecular weight excluding hydrogens is 154 g/mol. The van der Waals surface area contributed by atoms with E-state index in [9.17, 15) is 4.79 Å². The molecule has 2 rings (SSSR count). The van der Waals surface area contributed by atoms with E-state index < -0.39 is 0 Å². The van der Waals surface area contributed by atoms with Crippen molar-refractivity contribution < 1.29 is 9.53 Å². The number of carbonyl (C=O) groups excluding carboxylic acids is 1. The summed E-state index contributed by atoms with van der Waals surface area (Å²) in [6, 6.07) is 7.39. The average molecular weight is 163 g/mol. The van der Waals surface area contributed by atoms with E-state index in [1.807, 2.05) is 18.2 Å². The second-order valence-electron chi connectivity index (χ2n) is 2.66. The van der Waals surface area contributed by atoms with Crippen LogP contribution in [0, 0.1) is 0 Å². The Bertz CT molecular complexity index is 322. The van der Waals surface area contributed by atoms with Crippen LogP contribution in [0.25, 0.3) is 0 Å². The summed E-state index contributed by atoms with van der Waals surface area (Å²) < 4.78 is 5.03. The van der Waals surface area contributed by atoms with Crippen LogP contribution in [-0.2, 0) is 4.74 Å². The lowest BCUT2D eigenvalue weighted by molar-refractivity contribution is 0.0328. The third-order valence-electron chi connectivity index (χ3n) is 1.95. The summed E-state index contributed by atoms with van der Waals surface area (Å²) in [5, 5.41) is 2.91. The molecule has 0 bridgehead atoms. The fraction of sp³-hybridized carbons (Fsp3) is 0.222. The molecule has 12 heavy (non-hydrogen) atoms. The fourth-order valence-electron chi connectivity index (χ4n) is 1.36. The van der Waals surface area contributed by atoms with Crippen molar-refractivity contribution in [3.8, 4) is 0 Å². The highest BCUT2D eigenvalue weighted by Crippen LogP contribution is 2.27. The van der Waals surface area contributed by atoms with Crippen molar-refractivity contribution in [1.29, 1.82) is 0 Å². The number of hydrogen-bond acceptors (Lipinski definition) is 3. The molecule has 1 aliphatic rings. The van der Waals surface area contributed by atoms with Gasteiger partial charge in [0.05, 0.1) is 5.56 Å². The van der Waals surface area contributed by atoms with Gasteiger partial charge in [-0.05, 0) is 13.1 Å². The Morgan fingerprint density at radius 1 is 1.42 bits per heavy atom. The fourth-order valence-corrected chi connectivity index (χ4v) is 1.36. The van der Waals surface area contributed by atoms with E-state index in [1.54, 1.807) is 13.1 Å². The lowest BCUT2D eigenvalue weighted by atomic mass is 10.1. The minimum absolute atomic E-state index is 0.245. The highest BCUT2D eigenvalue weighted by Gasteiger charge is 2.28. The maximum atomic E-state index is 11.2. The van der Waals surface area contributed by atoms with Gasteiger partial charge >= 0.3 is 5.97 Å². The summed E-state index contributed by atoms with van der Waals surface area (Å²) in [4.78, 5) is 11.2. The Kier molecular flexibility index (Phi) is 1.59. The van der Waals surface area contributed by atoms with Gasteiger partial charge in [0, 0.05) is 5.56 Å². The molecule has 1 unspecified atom stereocenters. The first-order valence-electron chi connectivity index (χ1n) is 3.80. The Labute approximate surface area is 70.3 Å². The number of nitrogens with one attached hydrogen (secondary N) is 1. The number of hydrogen-bond donors (Lipinski definition) is 1. The zero-order valence-corrected chi connectivity index (χ0v) is 6.70. The summed E-state index contributed by atoms with van der Waals surface area (Å²) in [6.07, 6.45) is -0.270. The second-order valence-corrected chi connectivity index (χ2v) is 2.66. The van der Waals surface area contributed by atoms with Gasteiger partial charge in [-0.15, -0.1) is 0 Å². The lowest BCUT2D eigenvalue weighted by Crippen LogP contribution is -2.15. The van der Waals surface area contributed by atoms with Crippen molar-refractivity contribution in [3.05, 3.63) is 35.4 Å². The molecule has 0 aromatic heterocycles. The molecule has 0 saturated heterocycles. The Morgan fingerprint density at radius 2 is 2.17 bits per heavy atom. The number of rotatable bonds is 1. The third kappa shape index (κ3) is 0.905. The minimum atomic E-state index is -0.270. The van der Waals surface area contributed by atoms with E-state index in [4.69, 9.17) is 4.74 Å². The largest absolute Gasteiger partial charge is 0.439 e. The van der Waals surface area contributed by atoms with Gasteiger partial charge in [-0.2, -0.15) is 0 Å². The summed E-state index contributed by atoms with van der Waals surface area (Å²) >= 11 is 0. The molecule has 0 saturated carbocycles. The number of ether oxygens (including phenoxy) is 1. The average Bonchev–Trinajstić information content (AvgIpc) is 2.44. The molecule has 0 aliphatic carbocycles. The van der Waals surface area contributed by atoms with Crippen LogP contribution < -0.4 is 5.32 Å². The van der Waals surface area contributed by atoms with E-state index in [-0.39, 0.29) is 12.2 Å². The van der Waals surface area contributed by atoms with Gasteiger partial charge in [-0.1, -0.05) is 18.2 Å². The van der Waals surface area contributed by atoms with Crippen LogP contribution in [0.2, 0.25) is 0 Å². The predicted octanol–water partition coefficient (Wildman–Crippen LogP) is 1.07. The molecular formula is C9H9NO2. The quantitative estimate of drug-likeness (QED) is 0.629. The summed E-state index contributed by atoms with van der Waals surface area (Å²) in [5.74, 6) is -0.245. The zero-order chi connectivity index (χ0) is 8.55. The molecule has 3 heteroatoms. The molecule has 1 aromatic rings. The highest BCUT2D eigenvalue weighted by molar-refractivity contribution is 5.93. The predicted molar refractivity (Wildman–Crippen MR) is 43.7 cm³/mol. The minimum Gasteiger partial charge on any atom is -0.439 e. The number of carbonyl (C=O) groups is 1. The number of benzene rings is 1. The smallest absolute Gasteiger partial charge is 0.340 e. The first-order valence-corrected chi connectivity index (χ1v) is 3.80. The van der Waals surface area contributed by atoms with Crippen molar-refractivity contribution in [2.24, 2.45) is 0 Å². The highest BCUT2D eigenvalue weighted by atomic mass is 16.6. The van der Waals surface area contributed by atoms with Crippen molar-refractivity contribution in [2.45, 2.75) is 6.23 Å². The topological polar surface area (TPSA) is 38.3 Å². The van der Waals surface area contributed by atoms with Crippen LogP contribution in [0.5, 0.6) is 0 Å². The van der Waals surface area contributed by atoms with Crippen LogP contribution in [0.15, 0.2) is 24.3 Å². The summed E-state index contributed by atoms with van der Waals surface area (Å²) in [7, 11) is 1.76. The van der Waals surface area contributed by atoms with Crippen LogP contribution in [0.3, 0.4) is 0 Å². The van der Waals surface area contributed by atoms with Gasteiger partial charge in [0.25, 0.3) is 0 Å². The van der Waals surface area contributed by atoms with E-state index >= 15 is 0 Å². The Hall–Kier alpha value is -1.35. The van der Waals surface area contributed by atoms with Gasteiger partial charge in [-0.3, -0.25) is 5.32 Å². The molecule has 1 N–H and O–H groups in total. The third-order valence-corrected chi connectivity index (χ3v) is 1.95. The second kappa shape index (κ2) is 2.60. The molecule has 0 fully saturated rings. The molecule has 1 aromatic carbocycles. The lowest BCUT2D eigenvalue weighted by Gasteiger charge is -2.07. The molecule has 1 aliphatic heterocycles. The van der Waals surface area contributed by atoms with Crippen LogP contribution in [-0.4, -0.2) is 13.0 Å². The van der Waals surface area contributed by atoms with E-state index in [2.05, 4.69) is 5.32 Å². The van der Waals surface area contributed by atoms with Gasteiger partial charge in [-0.25, -0.2) is 4.79 Å². The summed E-state index contributed by atoms with van der Waals surface area (Å²) in [5.41, 5.74) is 1.59. The van der Waals surface area contributed by atoms with Crippen LogP contribution in [0.4, 0.5) is 0 Å². The molecule has 62 valence electrons. The van der Waals surface area contributed by atoms with Crippen LogP contribution in [0.1, 0.15) is 22.1 Å². The maximum Gasteiger partial charge on any atom is 0.340 e.